The van der Waals surface area contributed by atoms with Crippen LogP contribution >= 0.6 is 35.3 Å². The first-order chi connectivity index (χ1) is 9.58. The first-order valence-corrected chi connectivity index (χ1v) is 7.48. The summed E-state index contributed by atoms with van der Waals surface area (Å²) in [6, 6.07) is 7.74. The quantitative estimate of drug-likeness (QED) is 0.872. The van der Waals surface area contributed by atoms with Crippen molar-refractivity contribution in [3.8, 4) is 0 Å². The highest BCUT2D eigenvalue weighted by atomic mass is 35.5. The highest BCUT2D eigenvalue weighted by molar-refractivity contribution is 7.15. The molecule has 0 aliphatic carbocycles. The summed E-state index contributed by atoms with van der Waals surface area (Å²) in [5.41, 5.74) is 7.40. The van der Waals surface area contributed by atoms with E-state index in [0.717, 1.165) is 27.6 Å². The number of carbonyl (C=O) groups excluding carboxylic acids is 1. The number of thiazole rings is 1. The van der Waals surface area contributed by atoms with Crippen LogP contribution in [0.1, 0.15) is 22.6 Å². The van der Waals surface area contributed by atoms with E-state index in [9.17, 15) is 4.79 Å². The summed E-state index contributed by atoms with van der Waals surface area (Å²) in [5, 5.41) is 4.11. The smallest absolute Gasteiger partial charge is 0.227 e. The molecule has 0 fully saturated rings. The van der Waals surface area contributed by atoms with Crippen LogP contribution in [0.2, 0.25) is 5.02 Å². The molecule has 114 valence electrons. The largest absolute Gasteiger partial charge is 0.330 e. The van der Waals surface area contributed by atoms with E-state index in [1.807, 2.05) is 31.2 Å². The van der Waals surface area contributed by atoms with Gasteiger partial charge in [-0.3, -0.25) is 4.79 Å². The van der Waals surface area contributed by atoms with Crippen molar-refractivity contribution in [1.29, 1.82) is 0 Å². The Bertz CT molecular complexity index is 616. The number of hydrogen-bond donors (Lipinski definition) is 2. The van der Waals surface area contributed by atoms with Crippen molar-refractivity contribution in [3.05, 3.63) is 45.4 Å². The van der Waals surface area contributed by atoms with Crippen molar-refractivity contribution in [2.24, 2.45) is 5.73 Å². The molecule has 1 amide bonds. The SMILES string of the molecule is Cc1nc(NC(=O)CCN)sc1Cc1cccc(Cl)c1.Cl. The molecule has 0 radical (unpaired) electrons. The summed E-state index contributed by atoms with van der Waals surface area (Å²) in [6.07, 6.45) is 1.07. The number of carbonyl (C=O) groups is 1. The molecule has 1 aromatic heterocycles. The Morgan fingerprint density at radius 2 is 2.24 bits per heavy atom. The van der Waals surface area contributed by atoms with Gasteiger partial charge in [0.05, 0.1) is 5.69 Å². The second-order valence-corrected chi connectivity index (χ2v) is 5.94. The van der Waals surface area contributed by atoms with Crippen molar-refractivity contribution in [1.82, 2.24) is 4.98 Å². The Kier molecular flexibility index (Phi) is 7.11. The third-order valence-electron chi connectivity index (χ3n) is 2.76. The predicted molar refractivity (Wildman–Crippen MR) is 90.7 cm³/mol. The Labute approximate surface area is 139 Å². The lowest BCUT2D eigenvalue weighted by Gasteiger charge is -2.00. The zero-order valence-corrected chi connectivity index (χ0v) is 13.9. The zero-order chi connectivity index (χ0) is 14.5. The number of nitrogens with zero attached hydrogens (tertiary/aromatic N) is 1. The van der Waals surface area contributed by atoms with Crippen LogP contribution < -0.4 is 11.1 Å². The minimum absolute atomic E-state index is 0. The molecule has 4 nitrogen and oxygen atoms in total. The van der Waals surface area contributed by atoms with Crippen molar-refractivity contribution in [3.63, 3.8) is 0 Å². The lowest BCUT2D eigenvalue weighted by molar-refractivity contribution is -0.116. The average molecular weight is 346 g/mol. The molecular weight excluding hydrogens is 329 g/mol. The summed E-state index contributed by atoms with van der Waals surface area (Å²) in [7, 11) is 0. The molecule has 0 atom stereocenters. The molecule has 0 aliphatic heterocycles. The fourth-order valence-electron chi connectivity index (χ4n) is 1.79. The fraction of sp³-hybridized carbons (Fsp3) is 0.286. The van der Waals surface area contributed by atoms with Crippen LogP contribution in [0.4, 0.5) is 5.13 Å². The molecule has 2 rings (SSSR count). The van der Waals surface area contributed by atoms with E-state index < -0.39 is 0 Å². The normalized spacial score (nSPS) is 10.0. The third-order valence-corrected chi connectivity index (χ3v) is 4.07. The van der Waals surface area contributed by atoms with Crippen molar-refractivity contribution in [2.75, 3.05) is 11.9 Å². The maximum atomic E-state index is 11.5. The number of hydrogen-bond acceptors (Lipinski definition) is 4. The second-order valence-electron chi connectivity index (χ2n) is 4.42. The van der Waals surface area contributed by atoms with E-state index in [2.05, 4.69) is 10.3 Å². The van der Waals surface area contributed by atoms with Crippen LogP contribution in [0.15, 0.2) is 24.3 Å². The molecule has 0 saturated heterocycles. The molecule has 0 bridgehead atoms. The first-order valence-electron chi connectivity index (χ1n) is 6.29. The number of rotatable bonds is 5. The summed E-state index contributed by atoms with van der Waals surface area (Å²) in [6.45, 7) is 2.28. The summed E-state index contributed by atoms with van der Waals surface area (Å²) in [4.78, 5) is 17.0. The van der Waals surface area contributed by atoms with Gasteiger partial charge in [0.25, 0.3) is 0 Å². The topological polar surface area (TPSA) is 68.0 Å². The Morgan fingerprint density at radius 3 is 2.90 bits per heavy atom. The van der Waals surface area contributed by atoms with E-state index in [4.69, 9.17) is 17.3 Å². The molecular formula is C14H17Cl2N3OS. The molecule has 1 heterocycles. The number of anilines is 1. The monoisotopic (exact) mass is 345 g/mol. The number of benzene rings is 1. The summed E-state index contributed by atoms with van der Waals surface area (Å²) < 4.78 is 0. The van der Waals surface area contributed by atoms with E-state index >= 15 is 0 Å². The molecule has 0 spiro atoms. The molecule has 21 heavy (non-hydrogen) atoms. The maximum absolute atomic E-state index is 11.5. The number of aromatic nitrogens is 1. The number of amides is 1. The van der Waals surface area contributed by atoms with Crippen LogP contribution in [-0.4, -0.2) is 17.4 Å². The highest BCUT2D eigenvalue weighted by Gasteiger charge is 2.10. The van der Waals surface area contributed by atoms with Gasteiger partial charge in [-0.2, -0.15) is 0 Å². The van der Waals surface area contributed by atoms with Crippen LogP contribution in [0.25, 0.3) is 0 Å². The Balaban J connectivity index is 0.00000220. The van der Waals surface area contributed by atoms with Crippen LogP contribution in [0.5, 0.6) is 0 Å². The van der Waals surface area contributed by atoms with Crippen LogP contribution in [-0.2, 0) is 11.2 Å². The average Bonchev–Trinajstić information content (AvgIpc) is 2.69. The zero-order valence-electron chi connectivity index (χ0n) is 11.6. The van der Waals surface area contributed by atoms with Gasteiger partial charge in [-0.25, -0.2) is 4.98 Å². The lowest BCUT2D eigenvalue weighted by atomic mass is 10.1. The molecule has 0 aliphatic rings. The number of halogens is 2. The standard InChI is InChI=1S/C14H16ClN3OS.ClH/c1-9-12(8-10-3-2-4-11(15)7-10)20-14(17-9)18-13(19)5-6-16;/h2-4,7H,5-6,8,16H2,1H3,(H,17,18,19);1H. The van der Waals surface area contributed by atoms with E-state index in [1.165, 1.54) is 11.3 Å². The van der Waals surface area contributed by atoms with Gasteiger partial charge in [0.2, 0.25) is 5.91 Å². The Morgan fingerprint density at radius 1 is 1.48 bits per heavy atom. The fourth-order valence-corrected chi connectivity index (χ4v) is 3.02. The first kappa shape index (κ1) is 17.9. The molecule has 1 aromatic carbocycles. The van der Waals surface area contributed by atoms with Crippen molar-refractivity contribution in [2.45, 2.75) is 19.8 Å². The van der Waals surface area contributed by atoms with E-state index in [0.29, 0.717) is 18.1 Å². The second kappa shape index (κ2) is 8.34. The maximum Gasteiger partial charge on any atom is 0.227 e. The van der Waals surface area contributed by atoms with Gasteiger partial charge in [0.1, 0.15) is 0 Å². The van der Waals surface area contributed by atoms with Gasteiger partial charge in [-0.15, -0.1) is 23.7 Å². The molecule has 0 saturated carbocycles. The molecule has 3 N–H and O–H groups in total. The van der Waals surface area contributed by atoms with Gasteiger partial charge >= 0.3 is 0 Å². The minimum atomic E-state index is -0.101. The number of nitrogens with one attached hydrogen (secondary N) is 1. The van der Waals surface area contributed by atoms with Crippen molar-refractivity contribution >= 4 is 46.4 Å². The van der Waals surface area contributed by atoms with Gasteiger partial charge in [-0.05, 0) is 24.6 Å². The molecule has 2 aromatic rings. The molecule has 0 unspecified atom stereocenters. The molecule has 7 heteroatoms. The highest BCUT2D eigenvalue weighted by Crippen LogP contribution is 2.26. The Hall–Kier alpha value is -1.14. The van der Waals surface area contributed by atoms with Gasteiger partial charge in [0, 0.05) is 29.3 Å². The summed E-state index contributed by atoms with van der Waals surface area (Å²) in [5.74, 6) is -0.101. The van der Waals surface area contributed by atoms with Gasteiger partial charge < -0.3 is 11.1 Å². The van der Waals surface area contributed by atoms with Crippen LogP contribution in [0, 0.1) is 6.92 Å². The third kappa shape index (κ3) is 5.28. The number of nitrogens with two attached hydrogens (primary N) is 1. The summed E-state index contributed by atoms with van der Waals surface area (Å²) >= 11 is 7.47. The van der Waals surface area contributed by atoms with Crippen molar-refractivity contribution < 1.29 is 4.79 Å². The predicted octanol–water partition coefficient (Wildman–Crippen LogP) is 3.40. The minimum Gasteiger partial charge on any atom is -0.330 e. The van der Waals surface area contributed by atoms with Gasteiger partial charge in [0.15, 0.2) is 5.13 Å². The van der Waals surface area contributed by atoms with E-state index in [-0.39, 0.29) is 18.3 Å². The lowest BCUT2D eigenvalue weighted by Crippen LogP contribution is -2.15. The van der Waals surface area contributed by atoms with Crippen LogP contribution in [0.3, 0.4) is 0 Å². The van der Waals surface area contributed by atoms with E-state index in [1.54, 1.807) is 0 Å². The number of aryl methyl sites for hydroxylation is 1. The van der Waals surface area contributed by atoms with Gasteiger partial charge in [-0.1, -0.05) is 23.7 Å².